The number of amides is 1. The van der Waals surface area contributed by atoms with Gasteiger partial charge in [-0.25, -0.2) is 4.39 Å². The second-order valence-electron chi connectivity index (χ2n) is 8.94. The number of fused-ring (bicyclic) bond motifs is 1. The Hall–Kier alpha value is -3.51. The van der Waals surface area contributed by atoms with Crippen molar-refractivity contribution in [3.8, 4) is 11.1 Å². The molecule has 0 bridgehead atoms. The maximum Gasteiger partial charge on any atom is 0.272 e. The molecule has 2 aromatic heterocycles. The third-order valence-corrected chi connectivity index (χ3v) is 6.54. The summed E-state index contributed by atoms with van der Waals surface area (Å²) in [6.45, 7) is 4.30. The van der Waals surface area contributed by atoms with E-state index in [2.05, 4.69) is 14.9 Å². The van der Waals surface area contributed by atoms with Crippen LogP contribution in [-0.2, 0) is 6.54 Å². The van der Waals surface area contributed by atoms with Gasteiger partial charge >= 0.3 is 0 Å². The van der Waals surface area contributed by atoms with Crippen LogP contribution in [0.1, 0.15) is 35.3 Å². The number of nitrogens with zero attached hydrogens (tertiary/aromatic N) is 3. The molecule has 1 aliphatic heterocycles. The fourth-order valence-corrected chi connectivity index (χ4v) is 4.72. The lowest BCUT2D eigenvalue weighted by atomic mass is 10.0. The minimum atomic E-state index is -0.272. The number of carbonyl (C=O) groups excluding carboxylic acids is 1. The number of pyridine rings is 1. The van der Waals surface area contributed by atoms with Crippen LogP contribution in [0.4, 0.5) is 4.39 Å². The molecule has 0 atom stereocenters. The van der Waals surface area contributed by atoms with Crippen molar-refractivity contribution in [3.63, 3.8) is 0 Å². The van der Waals surface area contributed by atoms with E-state index in [1.807, 2.05) is 53.6 Å². The molecular formula is C28H29FN4O. The van der Waals surface area contributed by atoms with Crippen LogP contribution in [0.2, 0.25) is 0 Å². The fraction of sp³-hybridized carbons (Fsp3) is 0.286. The van der Waals surface area contributed by atoms with Crippen LogP contribution >= 0.6 is 0 Å². The van der Waals surface area contributed by atoms with Gasteiger partial charge in [0, 0.05) is 36.6 Å². The number of nitrogens with one attached hydrogen (secondary N) is 1. The summed E-state index contributed by atoms with van der Waals surface area (Å²) < 4.78 is 14.8. The zero-order valence-corrected chi connectivity index (χ0v) is 19.2. The van der Waals surface area contributed by atoms with Crippen molar-refractivity contribution in [1.29, 1.82) is 0 Å². The number of benzene rings is 2. The molecule has 3 heterocycles. The Balaban J connectivity index is 1.38. The van der Waals surface area contributed by atoms with E-state index in [0.29, 0.717) is 24.3 Å². The Morgan fingerprint density at radius 3 is 2.76 bits per heavy atom. The van der Waals surface area contributed by atoms with E-state index in [1.165, 1.54) is 18.9 Å². The van der Waals surface area contributed by atoms with Crippen molar-refractivity contribution in [2.75, 3.05) is 26.2 Å². The summed E-state index contributed by atoms with van der Waals surface area (Å²) in [7, 11) is 0. The summed E-state index contributed by atoms with van der Waals surface area (Å²) in [5.41, 5.74) is 3.65. The smallest absolute Gasteiger partial charge is 0.272 e. The second kappa shape index (κ2) is 10.2. The minimum absolute atomic E-state index is 0.0966. The van der Waals surface area contributed by atoms with Gasteiger partial charge in [-0.15, -0.1) is 0 Å². The first-order valence-electron chi connectivity index (χ1n) is 12.0. The molecule has 1 fully saturated rings. The van der Waals surface area contributed by atoms with Crippen molar-refractivity contribution in [2.24, 2.45) is 0 Å². The summed E-state index contributed by atoms with van der Waals surface area (Å²) in [4.78, 5) is 25.0. The number of hydrogen-bond acceptors (Lipinski definition) is 3. The molecule has 5 nitrogen and oxygen atoms in total. The van der Waals surface area contributed by atoms with Crippen LogP contribution in [-0.4, -0.2) is 51.9 Å². The summed E-state index contributed by atoms with van der Waals surface area (Å²) >= 11 is 0. The highest BCUT2D eigenvalue weighted by molar-refractivity contribution is 5.92. The SMILES string of the molecule is O=C(c1ccccn1)N(CCCN1CCCC1)Cc1ccc(F)c(-c2ccc3cc[nH]c3c2)c1. The van der Waals surface area contributed by atoms with Crippen LogP contribution < -0.4 is 0 Å². The van der Waals surface area contributed by atoms with Crippen molar-refractivity contribution >= 4 is 16.8 Å². The molecule has 0 unspecified atom stereocenters. The van der Waals surface area contributed by atoms with Crippen molar-refractivity contribution in [3.05, 3.63) is 90.1 Å². The zero-order chi connectivity index (χ0) is 23.3. The molecule has 0 aliphatic carbocycles. The number of likely N-dealkylation sites (tertiary alicyclic amines) is 1. The number of hydrogen-bond donors (Lipinski definition) is 1. The summed E-state index contributed by atoms with van der Waals surface area (Å²) in [6.07, 6.45) is 6.93. The van der Waals surface area contributed by atoms with Crippen molar-refractivity contribution in [1.82, 2.24) is 19.8 Å². The Labute approximate surface area is 199 Å². The number of carbonyl (C=O) groups is 1. The standard InChI is InChI=1S/C28H29FN4O/c29-25-10-7-21(18-24(25)23-9-8-22-11-13-31-27(22)19-23)20-33(17-5-16-32-14-3-4-15-32)28(34)26-6-1-2-12-30-26/h1-2,6-13,18-19,31H,3-5,14-17,20H2. The maximum absolute atomic E-state index is 14.8. The molecule has 0 spiro atoms. The molecule has 6 heteroatoms. The predicted octanol–water partition coefficient (Wildman–Crippen LogP) is 5.50. The largest absolute Gasteiger partial charge is 0.361 e. The molecule has 0 saturated carbocycles. The molecule has 0 radical (unpaired) electrons. The average Bonchev–Trinajstić information content (AvgIpc) is 3.56. The Morgan fingerprint density at radius 2 is 1.94 bits per heavy atom. The highest BCUT2D eigenvalue weighted by Crippen LogP contribution is 2.28. The highest BCUT2D eigenvalue weighted by Gasteiger charge is 2.19. The normalized spacial score (nSPS) is 14.0. The van der Waals surface area contributed by atoms with Gasteiger partial charge in [0.05, 0.1) is 0 Å². The third-order valence-electron chi connectivity index (χ3n) is 6.54. The van der Waals surface area contributed by atoms with Crippen molar-refractivity contribution in [2.45, 2.75) is 25.8 Å². The van der Waals surface area contributed by atoms with E-state index < -0.39 is 0 Å². The summed E-state index contributed by atoms with van der Waals surface area (Å²) in [5, 5.41) is 1.09. The molecule has 5 rings (SSSR count). The molecular weight excluding hydrogens is 427 g/mol. The number of H-pyrrole nitrogens is 1. The van der Waals surface area contributed by atoms with Crippen LogP contribution in [0.25, 0.3) is 22.0 Å². The van der Waals surface area contributed by atoms with Gasteiger partial charge in [-0.2, -0.15) is 0 Å². The maximum atomic E-state index is 14.8. The Morgan fingerprint density at radius 1 is 1.06 bits per heavy atom. The molecule has 1 aliphatic rings. The quantitative estimate of drug-likeness (QED) is 0.381. The van der Waals surface area contributed by atoms with E-state index in [1.54, 1.807) is 18.3 Å². The van der Waals surface area contributed by atoms with E-state index >= 15 is 0 Å². The Bertz CT molecular complexity index is 1260. The molecule has 34 heavy (non-hydrogen) atoms. The number of rotatable bonds is 8. The number of halogens is 1. The summed E-state index contributed by atoms with van der Waals surface area (Å²) in [6, 6.07) is 18.4. The molecule has 2 aromatic carbocycles. The molecule has 174 valence electrons. The van der Waals surface area contributed by atoms with Crippen LogP contribution in [0.5, 0.6) is 0 Å². The van der Waals surface area contributed by atoms with Crippen LogP contribution in [0, 0.1) is 5.82 Å². The highest BCUT2D eigenvalue weighted by atomic mass is 19.1. The molecule has 1 N–H and O–H groups in total. The summed E-state index contributed by atoms with van der Waals surface area (Å²) in [5.74, 6) is -0.369. The third kappa shape index (κ3) is 5.02. The van der Waals surface area contributed by atoms with Gasteiger partial charge in [-0.1, -0.05) is 24.3 Å². The monoisotopic (exact) mass is 456 g/mol. The van der Waals surface area contributed by atoms with Crippen LogP contribution in [0.3, 0.4) is 0 Å². The van der Waals surface area contributed by atoms with E-state index in [4.69, 9.17) is 0 Å². The fourth-order valence-electron chi connectivity index (χ4n) is 4.72. The minimum Gasteiger partial charge on any atom is -0.361 e. The lowest BCUT2D eigenvalue weighted by Crippen LogP contribution is -2.34. The molecule has 1 amide bonds. The first-order valence-corrected chi connectivity index (χ1v) is 12.0. The van der Waals surface area contributed by atoms with E-state index in [0.717, 1.165) is 48.1 Å². The number of aromatic amines is 1. The van der Waals surface area contributed by atoms with Gasteiger partial charge in [-0.05, 0) is 91.8 Å². The lowest BCUT2D eigenvalue weighted by Gasteiger charge is -2.24. The second-order valence-corrected chi connectivity index (χ2v) is 8.94. The molecule has 4 aromatic rings. The van der Waals surface area contributed by atoms with Gasteiger partial charge in [0.1, 0.15) is 11.5 Å². The topological polar surface area (TPSA) is 52.2 Å². The zero-order valence-electron chi connectivity index (χ0n) is 19.2. The predicted molar refractivity (Wildman–Crippen MR) is 133 cm³/mol. The average molecular weight is 457 g/mol. The van der Waals surface area contributed by atoms with Crippen LogP contribution in [0.15, 0.2) is 73.1 Å². The first-order chi connectivity index (χ1) is 16.7. The number of aromatic nitrogens is 2. The van der Waals surface area contributed by atoms with Gasteiger partial charge in [0.15, 0.2) is 0 Å². The van der Waals surface area contributed by atoms with Gasteiger partial charge in [0.25, 0.3) is 5.91 Å². The van der Waals surface area contributed by atoms with Gasteiger partial charge in [0.2, 0.25) is 0 Å². The van der Waals surface area contributed by atoms with E-state index in [9.17, 15) is 9.18 Å². The van der Waals surface area contributed by atoms with Gasteiger partial charge in [-0.3, -0.25) is 9.78 Å². The lowest BCUT2D eigenvalue weighted by molar-refractivity contribution is 0.0730. The van der Waals surface area contributed by atoms with E-state index in [-0.39, 0.29) is 11.7 Å². The van der Waals surface area contributed by atoms with Gasteiger partial charge < -0.3 is 14.8 Å². The first kappa shape index (κ1) is 22.3. The molecule has 1 saturated heterocycles. The Kier molecular flexibility index (Phi) is 6.67. The van der Waals surface area contributed by atoms with Crippen molar-refractivity contribution < 1.29 is 9.18 Å².